The van der Waals surface area contributed by atoms with Crippen molar-refractivity contribution in [2.75, 3.05) is 5.32 Å². The van der Waals surface area contributed by atoms with Crippen LogP contribution in [0, 0.1) is 5.82 Å². The summed E-state index contributed by atoms with van der Waals surface area (Å²) in [5.41, 5.74) is 1.43. The molecule has 0 radical (unpaired) electrons. The first-order valence-electron chi connectivity index (χ1n) is 6.29. The molecular weight excluding hydrogens is 271 g/mol. The summed E-state index contributed by atoms with van der Waals surface area (Å²) < 4.78 is 18.7. The molecule has 0 aliphatic rings. The van der Waals surface area contributed by atoms with E-state index >= 15 is 0 Å². The summed E-state index contributed by atoms with van der Waals surface area (Å²) in [5.74, 6) is -0.393. The number of amides is 1. The summed E-state index contributed by atoms with van der Waals surface area (Å²) >= 11 is 0. The predicted molar refractivity (Wildman–Crippen MR) is 76.3 cm³/mol. The second-order valence-electron chi connectivity index (χ2n) is 4.38. The summed E-state index contributed by atoms with van der Waals surface area (Å²) in [6.45, 7) is 0. The second-order valence-corrected chi connectivity index (χ2v) is 4.38. The lowest BCUT2D eigenvalue weighted by Gasteiger charge is -2.06. The first-order chi connectivity index (χ1) is 10.2. The summed E-state index contributed by atoms with van der Waals surface area (Å²) in [6, 6.07) is 12.9. The smallest absolute Gasteiger partial charge is 0.258 e. The van der Waals surface area contributed by atoms with Crippen LogP contribution in [0.1, 0.15) is 10.4 Å². The minimum Gasteiger partial charge on any atom is -0.444 e. The highest BCUT2D eigenvalue weighted by molar-refractivity contribution is 6.04. The van der Waals surface area contributed by atoms with Crippen LogP contribution in [0.2, 0.25) is 0 Å². The van der Waals surface area contributed by atoms with Gasteiger partial charge in [0.25, 0.3) is 5.91 Å². The predicted octanol–water partition coefficient (Wildman–Crippen LogP) is 3.73. The third kappa shape index (κ3) is 2.81. The van der Waals surface area contributed by atoms with Crippen molar-refractivity contribution in [3.63, 3.8) is 0 Å². The Hall–Kier alpha value is -2.95. The summed E-state index contributed by atoms with van der Waals surface area (Å²) in [4.78, 5) is 15.8. The number of hydrogen-bond donors (Lipinski definition) is 1. The Morgan fingerprint density at radius 3 is 2.52 bits per heavy atom. The average molecular weight is 282 g/mol. The van der Waals surface area contributed by atoms with Gasteiger partial charge in [-0.2, -0.15) is 0 Å². The summed E-state index contributed by atoms with van der Waals surface area (Å²) in [5, 5.41) is 2.65. The Kier molecular flexibility index (Phi) is 3.47. The van der Waals surface area contributed by atoms with Crippen molar-refractivity contribution in [2.45, 2.75) is 0 Å². The molecule has 21 heavy (non-hydrogen) atoms. The van der Waals surface area contributed by atoms with Crippen molar-refractivity contribution in [1.29, 1.82) is 0 Å². The van der Waals surface area contributed by atoms with E-state index in [9.17, 15) is 9.18 Å². The lowest BCUT2D eigenvalue weighted by molar-refractivity contribution is 0.102. The number of hydrogen-bond acceptors (Lipinski definition) is 3. The molecule has 4 nitrogen and oxygen atoms in total. The van der Waals surface area contributed by atoms with Crippen LogP contribution >= 0.6 is 0 Å². The molecule has 0 saturated heterocycles. The zero-order valence-corrected chi connectivity index (χ0v) is 10.9. The number of aromatic nitrogens is 1. The molecular formula is C16H11FN2O2. The molecule has 0 fully saturated rings. The summed E-state index contributed by atoms with van der Waals surface area (Å²) in [7, 11) is 0. The number of rotatable bonds is 3. The minimum absolute atomic E-state index is 0.0109. The van der Waals surface area contributed by atoms with Crippen LogP contribution in [0.25, 0.3) is 11.3 Å². The van der Waals surface area contributed by atoms with Gasteiger partial charge in [0.15, 0.2) is 12.2 Å². The zero-order chi connectivity index (χ0) is 14.7. The first-order valence-corrected chi connectivity index (χ1v) is 6.29. The fourth-order valence-corrected chi connectivity index (χ4v) is 1.92. The highest BCUT2D eigenvalue weighted by Crippen LogP contribution is 2.21. The monoisotopic (exact) mass is 282 g/mol. The Morgan fingerprint density at radius 1 is 1.10 bits per heavy atom. The molecule has 0 bridgehead atoms. The number of anilines is 1. The normalized spacial score (nSPS) is 10.3. The van der Waals surface area contributed by atoms with Crippen LogP contribution < -0.4 is 5.32 Å². The van der Waals surface area contributed by atoms with E-state index in [1.54, 1.807) is 36.5 Å². The van der Waals surface area contributed by atoms with Gasteiger partial charge in [-0.25, -0.2) is 9.37 Å². The molecule has 0 atom stereocenters. The maximum absolute atomic E-state index is 13.5. The topological polar surface area (TPSA) is 55.1 Å². The van der Waals surface area contributed by atoms with Gasteiger partial charge in [-0.15, -0.1) is 0 Å². The van der Waals surface area contributed by atoms with Crippen molar-refractivity contribution in [3.05, 3.63) is 72.5 Å². The van der Waals surface area contributed by atoms with Crippen LogP contribution in [0.5, 0.6) is 0 Å². The fraction of sp³-hybridized carbons (Fsp3) is 0. The SMILES string of the molecule is O=C(Nc1ccc(-c2cnco2)cc1)c1ccccc1F. The van der Waals surface area contributed by atoms with Gasteiger partial charge in [0.05, 0.1) is 11.8 Å². The molecule has 0 saturated carbocycles. The van der Waals surface area contributed by atoms with Crippen molar-refractivity contribution >= 4 is 11.6 Å². The van der Waals surface area contributed by atoms with Gasteiger partial charge in [-0.05, 0) is 36.4 Å². The van der Waals surface area contributed by atoms with Crippen LogP contribution in [0.4, 0.5) is 10.1 Å². The number of carbonyl (C=O) groups excluding carboxylic acids is 1. The van der Waals surface area contributed by atoms with Crippen LogP contribution in [-0.4, -0.2) is 10.9 Å². The Morgan fingerprint density at radius 2 is 1.86 bits per heavy atom. The zero-order valence-electron chi connectivity index (χ0n) is 10.9. The molecule has 0 unspecified atom stereocenters. The quantitative estimate of drug-likeness (QED) is 0.796. The van der Waals surface area contributed by atoms with E-state index in [2.05, 4.69) is 10.3 Å². The van der Waals surface area contributed by atoms with Gasteiger partial charge in [-0.3, -0.25) is 4.79 Å². The number of nitrogens with one attached hydrogen (secondary N) is 1. The highest BCUT2D eigenvalue weighted by atomic mass is 19.1. The number of nitrogens with zero attached hydrogens (tertiary/aromatic N) is 1. The molecule has 0 aliphatic heterocycles. The van der Waals surface area contributed by atoms with E-state index in [1.165, 1.54) is 24.6 Å². The molecule has 2 aromatic carbocycles. The minimum atomic E-state index is -0.548. The molecule has 104 valence electrons. The van der Waals surface area contributed by atoms with Crippen molar-refractivity contribution in [3.8, 4) is 11.3 Å². The van der Waals surface area contributed by atoms with Gasteiger partial charge in [0.1, 0.15) is 5.82 Å². The third-order valence-electron chi connectivity index (χ3n) is 2.98. The van der Waals surface area contributed by atoms with Crippen molar-refractivity contribution in [2.24, 2.45) is 0 Å². The van der Waals surface area contributed by atoms with E-state index in [-0.39, 0.29) is 5.56 Å². The van der Waals surface area contributed by atoms with E-state index in [1.807, 2.05) is 0 Å². The highest BCUT2D eigenvalue weighted by Gasteiger charge is 2.11. The molecule has 1 N–H and O–H groups in total. The average Bonchev–Trinajstić information content (AvgIpc) is 3.02. The number of carbonyl (C=O) groups is 1. The Balaban J connectivity index is 1.77. The molecule has 1 aromatic heterocycles. The third-order valence-corrected chi connectivity index (χ3v) is 2.98. The van der Waals surface area contributed by atoms with E-state index < -0.39 is 11.7 Å². The number of oxazole rings is 1. The number of benzene rings is 2. The standard InChI is InChI=1S/C16H11FN2O2/c17-14-4-2-1-3-13(14)16(20)19-12-7-5-11(6-8-12)15-9-18-10-21-15/h1-10H,(H,19,20). The fourth-order valence-electron chi connectivity index (χ4n) is 1.92. The maximum atomic E-state index is 13.5. The largest absolute Gasteiger partial charge is 0.444 e. The Bertz CT molecular complexity index is 752. The first kappa shape index (κ1) is 13.1. The van der Waals surface area contributed by atoms with Gasteiger partial charge < -0.3 is 9.73 Å². The molecule has 0 aliphatic carbocycles. The molecule has 0 spiro atoms. The van der Waals surface area contributed by atoms with E-state index in [0.29, 0.717) is 11.4 Å². The van der Waals surface area contributed by atoms with E-state index in [0.717, 1.165) is 5.56 Å². The molecule has 1 amide bonds. The van der Waals surface area contributed by atoms with Gasteiger partial charge in [0, 0.05) is 11.3 Å². The van der Waals surface area contributed by atoms with Crippen LogP contribution in [0.15, 0.2) is 65.5 Å². The lowest BCUT2D eigenvalue weighted by atomic mass is 10.1. The van der Waals surface area contributed by atoms with Crippen LogP contribution in [-0.2, 0) is 0 Å². The number of halogens is 1. The molecule has 5 heteroatoms. The van der Waals surface area contributed by atoms with Crippen molar-refractivity contribution < 1.29 is 13.6 Å². The van der Waals surface area contributed by atoms with Crippen LogP contribution in [0.3, 0.4) is 0 Å². The summed E-state index contributed by atoms with van der Waals surface area (Å²) in [6.07, 6.45) is 2.95. The van der Waals surface area contributed by atoms with Gasteiger partial charge >= 0.3 is 0 Å². The van der Waals surface area contributed by atoms with Crippen molar-refractivity contribution in [1.82, 2.24) is 4.98 Å². The second kappa shape index (κ2) is 5.58. The molecule has 3 rings (SSSR count). The lowest BCUT2D eigenvalue weighted by Crippen LogP contribution is -2.13. The van der Waals surface area contributed by atoms with Gasteiger partial charge in [0.2, 0.25) is 0 Å². The molecule has 3 aromatic rings. The van der Waals surface area contributed by atoms with Gasteiger partial charge in [-0.1, -0.05) is 12.1 Å². The van der Waals surface area contributed by atoms with E-state index in [4.69, 9.17) is 4.42 Å². The molecule has 1 heterocycles. The Labute approximate surface area is 120 Å². The maximum Gasteiger partial charge on any atom is 0.258 e.